The smallest absolute Gasteiger partial charge is 0.152 e. The highest BCUT2D eigenvalue weighted by molar-refractivity contribution is 7.10. The van der Waals surface area contributed by atoms with Gasteiger partial charge in [0.05, 0.1) is 5.69 Å². The van der Waals surface area contributed by atoms with Gasteiger partial charge in [0.15, 0.2) is 6.29 Å². The van der Waals surface area contributed by atoms with E-state index in [-0.39, 0.29) is 5.82 Å². The molecule has 1 aromatic carbocycles. The van der Waals surface area contributed by atoms with E-state index < -0.39 is 0 Å². The summed E-state index contributed by atoms with van der Waals surface area (Å²) in [5.74, 6) is -0.321. The Morgan fingerprint density at radius 2 is 2.22 bits per heavy atom. The standard InChI is InChI=1S/C14H12FNOS/c15-12-3-1-2-11(9-17)14(12)16-6-4-13-10(8-16)5-7-18-13/h1-3,5,7,9H,4,6,8H2. The van der Waals surface area contributed by atoms with Gasteiger partial charge in [0.2, 0.25) is 0 Å². The highest BCUT2D eigenvalue weighted by Gasteiger charge is 2.21. The predicted molar refractivity (Wildman–Crippen MR) is 70.9 cm³/mol. The number of nitrogens with zero attached hydrogens (tertiary/aromatic N) is 1. The summed E-state index contributed by atoms with van der Waals surface area (Å²) in [5.41, 5.74) is 2.10. The van der Waals surface area contributed by atoms with Gasteiger partial charge in [0.1, 0.15) is 5.82 Å². The average Bonchev–Trinajstić information content (AvgIpc) is 2.85. The number of thiophene rings is 1. The number of halogens is 1. The number of hydrogen-bond acceptors (Lipinski definition) is 3. The lowest BCUT2D eigenvalue weighted by atomic mass is 10.1. The maximum absolute atomic E-state index is 13.9. The Bertz CT molecular complexity index is 593. The maximum atomic E-state index is 13.9. The Labute approximate surface area is 109 Å². The first-order chi connectivity index (χ1) is 8.79. The maximum Gasteiger partial charge on any atom is 0.152 e. The normalized spacial score (nSPS) is 14.4. The second-order valence-corrected chi connectivity index (χ2v) is 5.34. The molecule has 92 valence electrons. The molecule has 0 aliphatic carbocycles. The average molecular weight is 261 g/mol. The Balaban J connectivity index is 2.00. The van der Waals surface area contributed by atoms with Gasteiger partial charge in [0, 0.05) is 23.5 Å². The fourth-order valence-electron chi connectivity index (χ4n) is 2.40. The number of para-hydroxylation sites is 1. The molecule has 1 aromatic heterocycles. The first-order valence-electron chi connectivity index (χ1n) is 5.83. The molecule has 18 heavy (non-hydrogen) atoms. The van der Waals surface area contributed by atoms with Crippen LogP contribution in [0, 0.1) is 5.82 Å². The third-order valence-electron chi connectivity index (χ3n) is 3.27. The van der Waals surface area contributed by atoms with Crippen LogP contribution in [0.15, 0.2) is 29.6 Å². The number of benzene rings is 1. The SMILES string of the molecule is O=Cc1cccc(F)c1N1CCc2sccc2C1. The summed E-state index contributed by atoms with van der Waals surface area (Å²) >= 11 is 1.75. The first-order valence-corrected chi connectivity index (χ1v) is 6.71. The van der Waals surface area contributed by atoms with Gasteiger partial charge < -0.3 is 4.90 Å². The summed E-state index contributed by atoms with van der Waals surface area (Å²) in [6.07, 6.45) is 1.64. The second-order valence-electron chi connectivity index (χ2n) is 4.34. The van der Waals surface area contributed by atoms with Crippen molar-refractivity contribution < 1.29 is 9.18 Å². The molecule has 0 amide bonds. The molecule has 0 fully saturated rings. The van der Waals surface area contributed by atoms with Crippen molar-refractivity contribution >= 4 is 23.3 Å². The van der Waals surface area contributed by atoms with Crippen molar-refractivity contribution in [2.24, 2.45) is 0 Å². The number of hydrogen-bond donors (Lipinski definition) is 0. The molecular weight excluding hydrogens is 249 g/mol. The number of rotatable bonds is 2. The Kier molecular flexibility index (Phi) is 2.88. The van der Waals surface area contributed by atoms with Crippen molar-refractivity contribution in [2.45, 2.75) is 13.0 Å². The molecular formula is C14H12FNOS. The van der Waals surface area contributed by atoms with Crippen LogP contribution in [0.5, 0.6) is 0 Å². The van der Waals surface area contributed by atoms with Crippen molar-refractivity contribution in [3.63, 3.8) is 0 Å². The van der Waals surface area contributed by atoms with E-state index >= 15 is 0 Å². The monoisotopic (exact) mass is 261 g/mol. The Morgan fingerprint density at radius 1 is 1.33 bits per heavy atom. The zero-order valence-electron chi connectivity index (χ0n) is 9.73. The van der Waals surface area contributed by atoms with E-state index in [1.807, 2.05) is 4.90 Å². The lowest BCUT2D eigenvalue weighted by Gasteiger charge is -2.30. The molecule has 2 aromatic rings. The van der Waals surface area contributed by atoms with Crippen LogP contribution < -0.4 is 4.90 Å². The van der Waals surface area contributed by atoms with Gasteiger partial charge in [0.25, 0.3) is 0 Å². The molecule has 0 unspecified atom stereocenters. The van der Waals surface area contributed by atoms with Gasteiger partial charge in [-0.15, -0.1) is 11.3 Å². The minimum atomic E-state index is -0.321. The fourth-order valence-corrected chi connectivity index (χ4v) is 3.29. The molecule has 2 heterocycles. The van der Waals surface area contributed by atoms with Crippen LogP contribution in [0.4, 0.5) is 10.1 Å². The Hall–Kier alpha value is -1.68. The molecule has 2 nitrogen and oxygen atoms in total. The molecule has 1 aliphatic rings. The third-order valence-corrected chi connectivity index (χ3v) is 4.29. The molecule has 0 spiro atoms. The van der Waals surface area contributed by atoms with E-state index in [0.717, 1.165) is 19.3 Å². The van der Waals surface area contributed by atoms with Crippen LogP contribution in [-0.2, 0) is 13.0 Å². The zero-order valence-corrected chi connectivity index (χ0v) is 10.5. The van der Waals surface area contributed by atoms with Crippen molar-refractivity contribution in [3.8, 4) is 0 Å². The minimum absolute atomic E-state index is 0.321. The lowest BCUT2D eigenvalue weighted by Crippen LogP contribution is -2.31. The molecule has 0 atom stereocenters. The lowest BCUT2D eigenvalue weighted by molar-refractivity contribution is 0.112. The number of fused-ring (bicyclic) bond motifs is 1. The van der Waals surface area contributed by atoms with Crippen molar-refractivity contribution in [2.75, 3.05) is 11.4 Å². The van der Waals surface area contributed by atoms with Gasteiger partial charge in [-0.3, -0.25) is 4.79 Å². The molecule has 3 rings (SSSR count). The van der Waals surface area contributed by atoms with Crippen LogP contribution in [-0.4, -0.2) is 12.8 Å². The number of anilines is 1. The summed E-state index contributed by atoms with van der Waals surface area (Å²) in [4.78, 5) is 14.3. The van der Waals surface area contributed by atoms with Gasteiger partial charge >= 0.3 is 0 Å². The summed E-state index contributed by atoms with van der Waals surface area (Å²) in [6.45, 7) is 1.44. The van der Waals surface area contributed by atoms with Crippen LogP contribution in [0.1, 0.15) is 20.8 Å². The summed E-state index contributed by atoms with van der Waals surface area (Å²) in [7, 11) is 0. The van der Waals surface area contributed by atoms with Crippen LogP contribution >= 0.6 is 11.3 Å². The first kappa shape index (κ1) is 11.4. The van der Waals surface area contributed by atoms with Crippen molar-refractivity contribution in [1.82, 2.24) is 0 Å². The second kappa shape index (κ2) is 4.53. The minimum Gasteiger partial charge on any atom is -0.364 e. The number of carbonyl (C=O) groups is 1. The van der Waals surface area contributed by atoms with Crippen LogP contribution in [0.25, 0.3) is 0 Å². The van der Waals surface area contributed by atoms with Crippen molar-refractivity contribution in [1.29, 1.82) is 0 Å². The summed E-state index contributed by atoms with van der Waals surface area (Å²) in [5, 5.41) is 2.07. The van der Waals surface area contributed by atoms with Gasteiger partial charge in [-0.05, 0) is 35.6 Å². The highest BCUT2D eigenvalue weighted by Crippen LogP contribution is 2.31. The third kappa shape index (κ3) is 1.82. The zero-order chi connectivity index (χ0) is 12.5. The number of carbonyl (C=O) groups excluding carboxylic acids is 1. The quantitative estimate of drug-likeness (QED) is 0.773. The molecule has 0 bridgehead atoms. The molecule has 0 saturated carbocycles. The molecule has 0 N–H and O–H groups in total. The summed E-state index contributed by atoms with van der Waals surface area (Å²) in [6, 6.07) is 6.72. The Morgan fingerprint density at radius 3 is 3.06 bits per heavy atom. The van der Waals surface area contributed by atoms with E-state index in [2.05, 4.69) is 11.4 Å². The van der Waals surface area contributed by atoms with Crippen molar-refractivity contribution in [3.05, 3.63) is 51.5 Å². The summed E-state index contributed by atoms with van der Waals surface area (Å²) < 4.78 is 13.9. The van der Waals surface area contributed by atoms with Crippen LogP contribution in [0.2, 0.25) is 0 Å². The largest absolute Gasteiger partial charge is 0.364 e. The highest BCUT2D eigenvalue weighted by atomic mass is 32.1. The topological polar surface area (TPSA) is 20.3 Å². The molecule has 0 saturated heterocycles. The molecule has 0 radical (unpaired) electrons. The van der Waals surface area contributed by atoms with E-state index in [1.54, 1.807) is 23.5 Å². The fraction of sp³-hybridized carbons (Fsp3) is 0.214. The van der Waals surface area contributed by atoms with E-state index in [1.165, 1.54) is 16.5 Å². The van der Waals surface area contributed by atoms with E-state index in [4.69, 9.17) is 0 Å². The van der Waals surface area contributed by atoms with Gasteiger partial charge in [-0.2, -0.15) is 0 Å². The van der Waals surface area contributed by atoms with E-state index in [0.29, 0.717) is 17.8 Å². The molecule has 4 heteroatoms. The molecule has 1 aliphatic heterocycles. The van der Waals surface area contributed by atoms with Gasteiger partial charge in [-0.1, -0.05) is 6.07 Å². The van der Waals surface area contributed by atoms with E-state index in [9.17, 15) is 9.18 Å². The van der Waals surface area contributed by atoms with Crippen LogP contribution in [0.3, 0.4) is 0 Å². The number of aldehydes is 1. The predicted octanol–water partition coefficient (Wildman–Crippen LogP) is 3.26. The van der Waals surface area contributed by atoms with Gasteiger partial charge in [-0.25, -0.2) is 4.39 Å².